The lowest BCUT2D eigenvalue weighted by molar-refractivity contribution is -0.243. The molecule has 3 saturated carbocycles. The monoisotopic (exact) mass is 667 g/mol. The number of carbonyl (C=O) groups excluding carboxylic acids is 1. The van der Waals surface area contributed by atoms with E-state index < -0.39 is 24.9 Å². The van der Waals surface area contributed by atoms with Gasteiger partial charge in [0.15, 0.2) is 0 Å². The molecule has 45 heavy (non-hydrogen) atoms. The highest BCUT2D eigenvalue weighted by atomic mass is 35.5. The van der Waals surface area contributed by atoms with Crippen LogP contribution in [-0.4, -0.2) is 51.9 Å². The number of phosphoric ester groups is 1. The zero-order valence-corrected chi connectivity index (χ0v) is 26.6. The Balaban J connectivity index is 1.09. The summed E-state index contributed by atoms with van der Waals surface area (Å²) < 4.78 is 17.0. The van der Waals surface area contributed by atoms with Gasteiger partial charge in [0, 0.05) is 76.0 Å². The molecule has 3 aliphatic carbocycles. The quantitative estimate of drug-likeness (QED) is 0.106. The second kappa shape index (κ2) is 9.98. The van der Waals surface area contributed by atoms with Gasteiger partial charge in [0.05, 0.1) is 5.41 Å². The zero-order chi connectivity index (χ0) is 31.5. The van der Waals surface area contributed by atoms with E-state index in [9.17, 15) is 24.3 Å². The van der Waals surface area contributed by atoms with Crippen molar-refractivity contribution >= 4 is 75.5 Å². The van der Waals surface area contributed by atoms with Crippen LogP contribution < -0.4 is 20.1 Å². The Morgan fingerprint density at radius 3 is 2.09 bits per heavy atom. The molecule has 0 saturated heterocycles. The summed E-state index contributed by atoms with van der Waals surface area (Å²) in [5, 5.41) is 15.2. The van der Waals surface area contributed by atoms with Gasteiger partial charge in [-0.25, -0.2) is 4.57 Å². The van der Waals surface area contributed by atoms with E-state index in [0.717, 1.165) is 33.0 Å². The second-order valence-electron chi connectivity index (χ2n) is 13.2. The van der Waals surface area contributed by atoms with Gasteiger partial charge in [-0.15, -0.1) is 23.2 Å². The Bertz CT molecular complexity index is 1950. The van der Waals surface area contributed by atoms with Gasteiger partial charge in [0.2, 0.25) is 5.91 Å². The van der Waals surface area contributed by atoms with Crippen molar-refractivity contribution in [3.05, 3.63) is 71.8 Å². The van der Waals surface area contributed by atoms with Gasteiger partial charge < -0.3 is 25.2 Å². The number of benzene rings is 4. The van der Waals surface area contributed by atoms with Crippen molar-refractivity contribution in [3.8, 4) is 5.75 Å². The first-order valence-electron chi connectivity index (χ1n) is 15.0. The first-order valence-corrected chi connectivity index (χ1v) is 17.6. The highest BCUT2D eigenvalue weighted by molar-refractivity contribution is 7.46. The lowest BCUT2D eigenvalue weighted by atomic mass is 9.34. The fourth-order valence-electron chi connectivity index (χ4n) is 8.78. The predicted octanol–water partition coefficient (Wildman–Crippen LogP) is 6.05. The number of phosphoric acid groups is 1. The molecule has 5 N–H and O–H groups in total. The van der Waals surface area contributed by atoms with E-state index in [1.807, 2.05) is 52.3 Å². The number of hydrogen-bond acceptors (Lipinski definition) is 6. The normalized spacial score (nSPS) is 27.2. The number of fused-ring (bicyclic) bond motifs is 6. The standard InChI is InChI=1S/C33H32Cl2N3O6P/c34-11-18-13-37(25-9-24(36)20-5-1-3-7-22(20)28(18)25)30(39)32-15-33(16-32,17-32)31(40)38-14-19(12-35)29-23-8-4-2-6-21(23)27(10-26(29)38)44-45(41,42)43/h1-10,18-19,31,40H,11-17,36H2,(H2,41,42,43)/t18-,19-,31?,32?,33?/m1/s1. The Morgan fingerprint density at radius 1 is 0.911 bits per heavy atom. The van der Waals surface area contributed by atoms with Crippen LogP contribution >= 0.6 is 31.0 Å². The van der Waals surface area contributed by atoms with Crippen LogP contribution in [0.15, 0.2) is 60.7 Å². The highest BCUT2D eigenvalue weighted by Gasteiger charge is 2.75. The number of amides is 1. The molecule has 9 rings (SSSR count). The Morgan fingerprint density at radius 2 is 1.47 bits per heavy atom. The minimum absolute atomic E-state index is 0.00371. The molecule has 5 aliphatic rings. The summed E-state index contributed by atoms with van der Waals surface area (Å²) in [6.45, 7) is 0.935. The Labute approximate surface area is 269 Å². The average Bonchev–Trinajstić information content (AvgIpc) is 3.53. The number of alkyl halides is 2. The van der Waals surface area contributed by atoms with Gasteiger partial charge in [0.25, 0.3) is 0 Å². The third-order valence-corrected chi connectivity index (χ3v) is 11.7. The molecule has 2 heterocycles. The van der Waals surface area contributed by atoms with Crippen LogP contribution in [0.4, 0.5) is 17.1 Å². The summed E-state index contributed by atoms with van der Waals surface area (Å²) in [5.41, 5.74) is 9.46. The molecule has 9 nitrogen and oxygen atoms in total. The molecule has 0 aromatic heterocycles. The van der Waals surface area contributed by atoms with E-state index in [1.165, 1.54) is 0 Å². The van der Waals surface area contributed by atoms with Crippen LogP contribution in [0.3, 0.4) is 0 Å². The summed E-state index contributed by atoms with van der Waals surface area (Å²) >= 11 is 12.9. The third-order valence-electron chi connectivity index (χ3n) is 10.6. The number of nitrogens with zero attached hydrogens (tertiary/aromatic N) is 2. The lowest BCUT2D eigenvalue weighted by Gasteiger charge is -2.72. The molecule has 234 valence electrons. The van der Waals surface area contributed by atoms with E-state index in [-0.39, 0.29) is 23.5 Å². The molecule has 0 spiro atoms. The van der Waals surface area contributed by atoms with Crippen molar-refractivity contribution in [2.75, 3.05) is 40.4 Å². The van der Waals surface area contributed by atoms with Crippen LogP contribution in [0.1, 0.15) is 42.2 Å². The summed E-state index contributed by atoms with van der Waals surface area (Å²) in [5.74, 6) is 0.672. The summed E-state index contributed by atoms with van der Waals surface area (Å²) in [7, 11) is -4.85. The number of carbonyl (C=O) groups is 1. The van der Waals surface area contributed by atoms with E-state index in [2.05, 4.69) is 0 Å². The van der Waals surface area contributed by atoms with Crippen LogP contribution in [0, 0.1) is 10.8 Å². The first kappa shape index (κ1) is 29.4. The largest absolute Gasteiger partial charge is 0.524 e. The fourth-order valence-corrected chi connectivity index (χ4v) is 9.69. The number of halogens is 2. The lowest BCUT2D eigenvalue weighted by Crippen LogP contribution is -2.74. The number of hydrogen-bond donors (Lipinski definition) is 4. The van der Waals surface area contributed by atoms with Gasteiger partial charge in [-0.05, 0) is 47.2 Å². The molecule has 2 aliphatic heterocycles. The second-order valence-corrected chi connectivity index (χ2v) is 15.0. The number of nitrogens with two attached hydrogens (primary N) is 1. The predicted molar refractivity (Wildman–Crippen MR) is 176 cm³/mol. The van der Waals surface area contributed by atoms with E-state index in [1.54, 1.807) is 18.2 Å². The highest BCUT2D eigenvalue weighted by Crippen LogP contribution is 2.76. The first-order chi connectivity index (χ1) is 21.5. The Kier molecular flexibility index (Phi) is 6.51. The maximum atomic E-state index is 14.2. The van der Waals surface area contributed by atoms with Crippen LogP contribution in [0.5, 0.6) is 5.75 Å². The van der Waals surface area contributed by atoms with Crippen molar-refractivity contribution in [2.24, 2.45) is 10.8 Å². The summed E-state index contributed by atoms with van der Waals surface area (Å²) in [6.07, 6.45) is 0.704. The van der Waals surface area contributed by atoms with Gasteiger partial charge in [0.1, 0.15) is 12.0 Å². The smallest absolute Gasteiger partial charge is 0.404 e. The van der Waals surface area contributed by atoms with Crippen molar-refractivity contribution in [1.29, 1.82) is 0 Å². The zero-order valence-electron chi connectivity index (χ0n) is 24.2. The average molecular weight is 669 g/mol. The fraction of sp³-hybridized carbons (Fsp3) is 0.364. The van der Waals surface area contributed by atoms with Crippen LogP contribution in [0.2, 0.25) is 0 Å². The minimum Gasteiger partial charge on any atom is -0.404 e. The van der Waals surface area contributed by atoms with Crippen molar-refractivity contribution < 1.29 is 28.8 Å². The van der Waals surface area contributed by atoms with Crippen molar-refractivity contribution in [3.63, 3.8) is 0 Å². The maximum Gasteiger partial charge on any atom is 0.524 e. The van der Waals surface area contributed by atoms with Crippen LogP contribution in [-0.2, 0) is 9.36 Å². The Hall–Kier alpha value is -3.04. The number of aliphatic hydroxyl groups is 1. The molecule has 2 bridgehead atoms. The molecule has 12 heteroatoms. The molecule has 4 aromatic rings. The van der Waals surface area contributed by atoms with E-state index in [0.29, 0.717) is 60.9 Å². The molecular formula is C33H32Cl2N3O6P. The van der Waals surface area contributed by atoms with Crippen molar-refractivity contribution in [1.82, 2.24) is 0 Å². The van der Waals surface area contributed by atoms with Gasteiger partial charge in [-0.1, -0.05) is 48.5 Å². The number of aliphatic hydroxyl groups excluding tert-OH is 1. The summed E-state index contributed by atoms with van der Waals surface area (Å²) in [6, 6.07) is 18.7. The van der Waals surface area contributed by atoms with E-state index in [4.69, 9.17) is 33.5 Å². The molecular weight excluding hydrogens is 636 g/mol. The molecule has 3 atom stereocenters. The number of rotatable bonds is 7. The molecule has 1 amide bonds. The van der Waals surface area contributed by atoms with Gasteiger partial charge >= 0.3 is 7.82 Å². The number of nitrogen functional groups attached to an aromatic ring is 1. The minimum atomic E-state index is -4.85. The van der Waals surface area contributed by atoms with Crippen LogP contribution in [0.25, 0.3) is 21.5 Å². The molecule has 1 unspecified atom stereocenters. The van der Waals surface area contributed by atoms with Gasteiger partial charge in [-0.2, -0.15) is 0 Å². The SMILES string of the molecule is Nc1cc2c(c3ccccc13)[C@H](CCl)CN2C(=O)C12CC(C(O)N3C[C@@H](CCl)c4c3cc(OP(=O)(O)O)c3ccccc43)(C1)C2. The third kappa shape index (κ3) is 4.18. The molecule has 0 radical (unpaired) electrons. The topological polar surface area (TPSA) is 137 Å². The van der Waals surface area contributed by atoms with E-state index >= 15 is 0 Å². The maximum absolute atomic E-state index is 14.2. The summed E-state index contributed by atoms with van der Waals surface area (Å²) in [4.78, 5) is 37.2. The number of anilines is 3. The van der Waals surface area contributed by atoms with Gasteiger partial charge in [-0.3, -0.25) is 14.6 Å². The molecule has 4 aromatic carbocycles. The molecule has 3 fully saturated rings. The van der Waals surface area contributed by atoms with Crippen molar-refractivity contribution in [2.45, 2.75) is 37.3 Å².